The van der Waals surface area contributed by atoms with Crippen LogP contribution < -0.4 is 0 Å². The highest BCUT2D eigenvalue weighted by molar-refractivity contribution is 5.86. The highest BCUT2D eigenvalue weighted by atomic mass is 16.1. The molecule has 1 heterocycles. The van der Waals surface area contributed by atoms with Gasteiger partial charge in [-0.15, -0.1) is 0 Å². The Morgan fingerprint density at radius 3 is 3.08 bits per heavy atom. The maximum absolute atomic E-state index is 10.5. The molecule has 60 valence electrons. The van der Waals surface area contributed by atoms with Crippen LogP contribution in [0.4, 0.5) is 0 Å². The second kappa shape index (κ2) is 2.44. The number of aromatic nitrogens is 2. The van der Waals surface area contributed by atoms with Crippen molar-refractivity contribution >= 4 is 17.3 Å². The van der Waals surface area contributed by atoms with Crippen LogP contribution in [-0.2, 0) is 0 Å². The summed E-state index contributed by atoms with van der Waals surface area (Å²) in [4.78, 5) is 17.6. The van der Waals surface area contributed by atoms with Crippen molar-refractivity contribution in [1.29, 1.82) is 0 Å². The standard InChI is InChI=1S/C9H8N2O/c1-6-2-7(4-12)3-8-9(6)11-5-10-8/h2-5H,1H3,(H,10,11). The van der Waals surface area contributed by atoms with Crippen LogP contribution in [-0.4, -0.2) is 16.3 Å². The fourth-order valence-corrected chi connectivity index (χ4v) is 1.32. The fourth-order valence-electron chi connectivity index (χ4n) is 1.32. The van der Waals surface area contributed by atoms with E-state index in [0.717, 1.165) is 22.9 Å². The van der Waals surface area contributed by atoms with Crippen LogP contribution in [0.2, 0.25) is 0 Å². The zero-order chi connectivity index (χ0) is 8.55. The lowest BCUT2D eigenvalue weighted by molar-refractivity contribution is 0.112. The van der Waals surface area contributed by atoms with Crippen molar-refractivity contribution in [3.63, 3.8) is 0 Å². The Hall–Kier alpha value is -1.64. The maximum Gasteiger partial charge on any atom is 0.150 e. The summed E-state index contributed by atoms with van der Waals surface area (Å²) < 4.78 is 0. The van der Waals surface area contributed by atoms with Gasteiger partial charge in [-0.05, 0) is 24.6 Å². The van der Waals surface area contributed by atoms with E-state index >= 15 is 0 Å². The van der Waals surface area contributed by atoms with Gasteiger partial charge in [-0.2, -0.15) is 0 Å². The summed E-state index contributed by atoms with van der Waals surface area (Å²) >= 11 is 0. The number of aldehydes is 1. The van der Waals surface area contributed by atoms with Crippen LogP contribution in [0.1, 0.15) is 15.9 Å². The average Bonchev–Trinajstić information content (AvgIpc) is 2.52. The van der Waals surface area contributed by atoms with Gasteiger partial charge in [-0.25, -0.2) is 4.98 Å². The Morgan fingerprint density at radius 1 is 1.50 bits per heavy atom. The zero-order valence-electron chi connectivity index (χ0n) is 6.66. The second-order valence-electron chi connectivity index (χ2n) is 2.75. The first-order chi connectivity index (χ1) is 5.81. The third-order valence-electron chi connectivity index (χ3n) is 1.87. The third-order valence-corrected chi connectivity index (χ3v) is 1.87. The molecule has 2 rings (SSSR count). The molecular formula is C9H8N2O. The van der Waals surface area contributed by atoms with Gasteiger partial charge in [-0.1, -0.05) is 0 Å². The van der Waals surface area contributed by atoms with E-state index in [1.807, 2.05) is 13.0 Å². The number of nitrogens with zero attached hydrogens (tertiary/aromatic N) is 1. The van der Waals surface area contributed by atoms with Crippen LogP contribution >= 0.6 is 0 Å². The van der Waals surface area contributed by atoms with Gasteiger partial charge in [-0.3, -0.25) is 4.79 Å². The van der Waals surface area contributed by atoms with Crippen molar-refractivity contribution in [1.82, 2.24) is 9.97 Å². The van der Waals surface area contributed by atoms with Gasteiger partial charge < -0.3 is 4.98 Å². The minimum absolute atomic E-state index is 0.684. The number of nitrogens with one attached hydrogen (secondary N) is 1. The molecule has 1 aromatic carbocycles. The van der Waals surface area contributed by atoms with Gasteiger partial charge in [0, 0.05) is 5.56 Å². The van der Waals surface area contributed by atoms with E-state index in [0.29, 0.717) is 5.56 Å². The number of hydrogen-bond donors (Lipinski definition) is 1. The first-order valence-electron chi connectivity index (χ1n) is 3.70. The number of aromatic amines is 1. The Kier molecular flexibility index (Phi) is 1.43. The van der Waals surface area contributed by atoms with E-state index in [2.05, 4.69) is 9.97 Å². The molecule has 1 aromatic heterocycles. The van der Waals surface area contributed by atoms with Gasteiger partial charge in [0.05, 0.1) is 17.4 Å². The van der Waals surface area contributed by atoms with E-state index in [9.17, 15) is 4.79 Å². The van der Waals surface area contributed by atoms with Gasteiger partial charge >= 0.3 is 0 Å². The molecule has 0 unspecified atom stereocenters. The summed E-state index contributed by atoms with van der Waals surface area (Å²) in [6, 6.07) is 3.62. The molecule has 0 aliphatic rings. The van der Waals surface area contributed by atoms with Crippen molar-refractivity contribution < 1.29 is 4.79 Å². The van der Waals surface area contributed by atoms with Crippen LogP contribution in [0.3, 0.4) is 0 Å². The topological polar surface area (TPSA) is 45.8 Å². The quantitative estimate of drug-likeness (QED) is 0.645. The molecule has 0 bridgehead atoms. The predicted octanol–water partition coefficient (Wildman–Crippen LogP) is 1.68. The van der Waals surface area contributed by atoms with Crippen molar-refractivity contribution in [2.24, 2.45) is 0 Å². The summed E-state index contributed by atoms with van der Waals surface area (Å²) in [5.41, 5.74) is 3.55. The number of benzene rings is 1. The van der Waals surface area contributed by atoms with Crippen molar-refractivity contribution in [3.8, 4) is 0 Å². The molecule has 3 nitrogen and oxygen atoms in total. The van der Waals surface area contributed by atoms with Crippen LogP contribution in [0.15, 0.2) is 18.5 Å². The minimum atomic E-state index is 0.684. The number of fused-ring (bicyclic) bond motifs is 1. The molecular weight excluding hydrogens is 152 g/mol. The number of aryl methyl sites for hydroxylation is 1. The second-order valence-corrected chi connectivity index (χ2v) is 2.75. The monoisotopic (exact) mass is 160 g/mol. The Morgan fingerprint density at radius 2 is 2.33 bits per heavy atom. The molecule has 0 amide bonds. The van der Waals surface area contributed by atoms with Gasteiger partial charge in [0.15, 0.2) is 0 Å². The number of carbonyl (C=O) groups is 1. The average molecular weight is 160 g/mol. The maximum atomic E-state index is 10.5. The molecule has 3 heteroatoms. The smallest absolute Gasteiger partial charge is 0.150 e. The zero-order valence-corrected chi connectivity index (χ0v) is 6.66. The highest BCUT2D eigenvalue weighted by Crippen LogP contribution is 2.15. The molecule has 0 atom stereocenters. The molecule has 0 saturated heterocycles. The molecule has 0 saturated carbocycles. The first kappa shape index (κ1) is 7.03. The lowest BCUT2D eigenvalue weighted by Crippen LogP contribution is -1.83. The van der Waals surface area contributed by atoms with E-state index in [1.165, 1.54) is 0 Å². The lowest BCUT2D eigenvalue weighted by Gasteiger charge is -1.95. The minimum Gasteiger partial charge on any atom is -0.345 e. The fraction of sp³-hybridized carbons (Fsp3) is 0.111. The van der Waals surface area contributed by atoms with Gasteiger partial charge in [0.2, 0.25) is 0 Å². The van der Waals surface area contributed by atoms with Crippen molar-refractivity contribution in [3.05, 3.63) is 29.6 Å². The molecule has 12 heavy (non-hydrogen) atoms. The largest absolute Gasteiger partial charge is 0.345 e. The SMILES string of the molecule is Cc1cc(C=O)cc2[nH]cnc12. The number of imidazole rings is 1. The van der Waals surface area contributed by atoms with Gasteiger partial charge in [0.25, 0.3) is 0 Å². The normalized spacial score (nSPS) is 10.4. The van der Waals surface area contributed by atoms with Crippen molar-refractivity contribution in [2.45, 2.75) is 6.92 Å². The summed E-state index contributed by atoms with van der Waals surface area (Å²) in [6.07, 6.45) is 2.47. The number of H-pyrrole nitrogens is 1. The number of rotatable bonds is 1. The molecule has 2 aromatic rings. The Bertz CT molecular complexity index is 431. The van der Waals surface area contributed by atoms with E-state index < -0.39 is 0 Å². The Balaban J connectivity index is 2.83. The summed E-state index contributed by atoms with van der Waals surface area (Å²) in [7, 11) is 0. The summed E-state index contributed by atoms with van der Waals surface area (Å²) in [5.74, 6) is 0. The molecule has 0 radical (unpaired) electrons. The van der Waals surface area contributed by atoms with Gasteiger partial charge in [0.1, 0.15) is 6.29 Å². The van der Waals surface area contributed by atoms with Crippen LogP contribution in [0.25, 0.3) is 11.0 Å². The highest BCUT2D eigenvalue weighted by Gasteiger charge is 2.01. The molecule has 0 spiro atoms. The first-order valence-corrected chi connectivity index (χ1v) is 3.70. The molecule has 0 fully saturated rings. The van der Waals surface area contributed by atoms with Crippen LogP contribution in [0.5, 0.6) is 0 Å². The molecule has 1 N–H and O–H groups in total. The van der Waals surface area contributed by atoms with Crippen LogP contribution in [0, 0.1) is 6.92 Å². The summed E-state index contributed by atoms with van der Waals surface area (Å²) in [5, 5.41) is 0. The Labute approximate surface area is 69.4 Å². The lowest BCUT2D eigenvalue weighted by atomic mass is 10.1. The molecule has 0 aliphatic carbocycles. The third kappa shape index (κ3) is 0.906. The van der Waals surface area contributed by atoms with E-state index in [4.69, 9.17) is 0 Å². The molecule has 0 aliphatic heterocycles. The predicted molar refractivity (Wildman–Crippen MR) is 46.2 cm³/mol. The summed E-state index contributed by atoms with van der Waals surface area (Å²) in [6.45, 7) is 1.94. The number of carbonyl (C=O) groups excluding carboxylic acids is 1. The van der Waals surface area contributed by atoms with Crippen molar-refractivity contribution in [2.75, 3.05) is 0 Å². The number of hydrogen-bond acceptors (Lipinski definition) is 2. The van der Waals surface area contributed by atoms with E-state index in [-0.39, 0.29) is 0 Å². The van der Waals surface area contributed by atoms with E-state index in [1.54, 1.807) is 12.4 Å².